The first-order chi connectivity index (χ1) is 14.2. The van der Waals surface area contributed by atoms with Gasteiger partial charge in [-0.2, -0.15) is 0 Å². The van der Waals surface area contributed by atoms with Crippen LogP contribution in [0.5, 0.6) is 0 Å². The third-order valence-electron chi connectivity index (χ3n) is 4.60. The third kappa shape index (κ3) is 5.14. The van der Waals surface area contributed by atoms with E-state index in [1.54, 1.807) is 12.1 Å². The van der Waals surface area contributed by atoms with Crippen molar-refractivity contribution in [3.05, 3.63) is 71.5 Å². The van der Waals surface area contributed by atoms with Crippen molar-refractivity contribution in [1.82, 2.24) is 0 Å². The highest BCUT2D eigenvalue weighted by Crippen LogP contribution is 2.41. The Morgan fingerprint density at radius 2 is 1.83 bits per heavy atom. The molecule has 0 aliphatic heterocycles. The lowest BCUT2D eigenvalue weighted by Gasteiger charge is -2.14. The van der Waals surface area contributed by atoms with Gasteiger partial charge in [-0.25, -0.2) is 4.39 Å². The summed E-state index contributed by atoms with van der Waals surface area (Å²) in [6.07, 6.45) is -2.74. The van der Waals surface area contributed by atoms with Crippen LogP contribution in [0.2, 0.25) is 0 Å². The van der Waals surface area contributed by atoms with Gasteiger partial charge in [-0.3, -0.25) is 9.36 Å². The lowest BCUT2D eigenvalue weighted by atomic mass is 9.90. The molecule has 0 bridgehead atoms. The van der Waals surface area contributed by atoms with Crippen molar-refractivity contribution in [3.63, 3.8) is 0 Å². The topological polar surface area (TPSA) is 94.8 Å². The molecule has 0 saturated carbocycles. The number of carbonyl (C=O) groups is 1. The van der Waals surface area contributed by atoms with E-state index < -0.39 is 32.0 Å². The Bertz CT molecular complexity index is 1210. The maximum Gasteiger partial charge on any atom is 0.305 e. The molecule has 0 aliphatic carbocycles. The second kappa shape index (κ2) is 8.81. The molecule has 2 atom stereocenters. The minimum absolute atomic E-state index is 0.379. The molecule has 3 rings (SSSR count). The number of aliphatic hydroxyl groups excluding tert-OH is 1. The molecule has 0 amide bonds. The Morgan fingerprint density at radius 1 is 1.17 bits per heavy atom. The second-order valence-corrected chi connectivity index (χ2v) is 9.04. The van der Waals surface area contributed by atoms with Gasteiger partial charge in [0.1, 0.15) is 5.82 Å². The number of carboxylic acid groups (broad SMARTS) is 1. The van der Waals surface area contributed by atoms with Crippen molar-refractivity contribution in [3.8, 4) is 22.7 Å². The highest BCUT2D eigenvalue weighted by atomic mass is 31.2. The highest BCUT2D eigenvalue weighted by Gasteiger charge is 2.23. The van der Waals surface area contributed by atoms with E-state index in [1.807, 2.05) is 37.3 Å². The first kappa shape index (κ1) is 21.7. The van der Waals surface area contributed by atoms with Crippen molar-refractivity contribution >= 4 is 24.1 Å². The molecule has 3 aromatic carbocycles. The van der Waals surface area contributed by atoms with Crippen LogP contribution in [0.15, 0.2) is 54.6 Å². The molecule has 7 heteroatoms. The van der Waals surface area contributed by atoms with Crippen LogP contribution in [0.3, 0.4) is 0 Å². The number of aryl methyl sites for hydroxylation is 1. The highest BCUT2D eigenvalue weighted by molar-refractivity contribution is 7.63. The zero-order valence-electron chi connectivity index (χ0n) is 16.2. The maximum absolute atomic E-state index is 13.4. The summed E-state index contributed by atoms with van der Waals surface area (Å²) in [6, 6.07) is 15.4. The standard InChI is InChI=1S/C23H20FO5P/c1-15-12-17-4-2-3-5-21(17)23(16-6-8-18(24)9-7-16)20(15)10-11-30(28,29)14-19(25)13-22(26)27/h2-9,12,19,25H,13-14H2,1H3,(H,26,27)(H,28,29). The van der Waals surface area contributed by atoms with E-state index in [1.165, 1.54) is 12.1 Å². The average Bonchev–Trinajstić information content (AvgIpc) is 2.65. The second-order valence-electron chi connectivity index (χ2n) is 7.04. The van der Waals surface area contributed by atoms with E-state index in [0.717, 1.165) is 16.3 Å². The summed E-state index contributed by atoms with van der Waals surface area (Å²) in [6.45, 7) is 1.82. The fraction of sp³-hybridized carbons (Fsp3) is 0.174. The summed E-state index contributed by atoms with van der Waals surface area (Å²) in [5, 5.41) is 20.2. The van der Waals surface area contributed by atoms with E-state index in [4.69, 9.17) is 5.11 Å². The number of aliphatic hydroxyl groups is 1. The predicted octanol–water partition coefficient (Wildman–Crippen LogP) is 4.37. The molecule has 0 spiro atoms. The molecule has 3 aromatic rings. The minimum atomic E-state index is -4.10. The van der Waals surface area contributed by atoms with Gasteiger partial charge in [0.05, 0.1) is 18.7 Å². The number of halogens is 1. The van der Waals surface area contributed by atoms with Crippen LogP contribution in [0.25, 0.3) is 21.9 Å². The summed E-state index contributed by atoms with van der Waals surface area (Å²) in [7, 11) is -4.10. The molecule has 0 saturated heterocycles. The van der Waals surface area contributed by atoms with Gasteiger partial charge in [-0.05, 0) is 46.6 Å². The van der Waals surface area contributed by atoms with Gasteiger partial charge in [0, 0.05) is 11.1 Å². The fourth-order valence-corrected chi connectivity index (χ4v) is 4.38. The monoisotopic (exact) mass is 426 g/mol. The Labute approximate surface area is 173 Å². The van der Waals surface area contributed by atoms with Gasteiger partial charge in [0.2, 0.25) is 0 Å². The number of aliphatic carboxylic acids is 1. The van der Waals surface area contributed by atoms with Crippen LogP contribution >= 0.6 is 7.37 Å². The van der Waals surface area contributed by atoms with E-state index in [9.17, 15) is 23.7 Å². The molecule has 5 nitrogen and oxygen atoms in total. The van der Waals surface area contributed by atoms with Crippen LogP contribution in [0.1, 0.15) is 17.5 Å². The number of carboxylic acids is 1. The molecule has 0 heterocycles. The van der Waals surface area contributed by atoms with Crippen LogP contribution in [-0.2, 0) is 9.36 Å². The summed E-state index contributed by atoms with van der Waals surface area (Å²) >= 11 is 0. The molecular weight excluding hydrogens is 406 g/mol. The van der Waals surface area contributed by atoms with Gasteiger partial charge in [-0.1, -0.05) is 48.4 Å². The Hall–Kier alpha value is -2.97. The van der Waals surface area contributed by atoms with E-state index >= 15 is 0 Å². The van der Waals surface area contributed by atoms with Gasteiger partial charge in [0.15, 0.2) is 0 Å². The summed E-state index contributed by atoms with van der Waals surface area (Å²) in [5.41, 5.74) is 5.05. The zero-order chi connectivity index (χ0) is 21.9. The Kier molecular flexibility index (Phi) is 6.38. The number of benzene rings is 3. The molecular formula is C23H20FO5P. The first-order valence-corrected chi connectivity index (χ1v) is 11.0. The minimum Gasteiger partial charge on any atom is -0.481 e. The number of hydrogen-bond acceptors (Lipinski definition) is 3. The smallest absolute Gasteiger partial charge is 0.305 e. The van der Waals surface area contributed by atoms with Crippen LogP contribution in [0, 0.1) is 24.3 Å². The molecule has 0 aliphatic rings. The summed E-state index contributed by atoms with van der Waals surface area (Å²) < 4.78 is 25.9. The van der Waals surface area contributed by atoms with E-state index in [0.29, 0.717) is 16.7 Å². The number of rotatable bonds is 5. The fourth-order valence-electron chi connectivity index (χ4n) is 3.31. The molecule has 0 radical (unpaired) electrons. The molecule has 2 unspecified atom stereocenters. The summed E-state index contributed by atoms with van der Waals surface area (Å²) in [4.78, 5) is 20.8. The van der Waals surface area contributed by atoms with Crippen LogP contribution < -0.4 is 0 Å². The van der Waals surface area contributed by atoms with Crippen molar-refractivity contribution in [2.24, 2.45) is 0 Å². The van der Waals surface area contributed by atoms with Crippen molar-refractivity contribution < 1.29 is 28.9 Å². The first-order valence-electron chi connectivity index (χ1n) is 9.19. The maximum atomic E-state index is 13.4. The number of fused-ring (bicyclic) bond motifs is 1. The van der Waals surface area contributed by atoms with Gasteiger partial charge in [0.25, 0.3) is 7.37 Å². The molecule has 30 heavy (non-hydrogen) atoms. The largest absolute Gasteiger partial charge is 0.481 e. The molecule has 3 N–H and O–H groups in total. The summed E-state index contributed by atoms with van der Waals surface area (Å²) in [5.74, 6) is 1.13. The quantitative estimate of drug-likeness (QED) is 0.416. The normalized spacial score (nSPS) is 13.9. The van der Waals surface area contributed by atoms with Crippen LogP contribution in [0.4, 0.5) is 4.39 Å². The van der Waals surface area contributed by atoms with Crippen molar-refractivity contribution in [2.75, 3.05) is 6.16 Å². The van der Waals surface area contributed by atoms with Gasteiger partial charge >= 0.3 is 5.97 Å². The predicted molar refractivity (Wildman–Crippen MR) is 114 cm³/mol. The van der Waals surface area contributed by atoms with Crippen LogP contribution in [-0.4, -0.2) is 33.3 Å². The lowest BCUT2D eigenvalue weighted by Crippen LogP contribution is -2.17. The van der Waals surface area contributed by atoms with Crippen molar-refractivity contribution in [2.45, 2.75) is 19.4 Å². The average molecular weight is 426 g/mol. The van der Waals surface area contributed by atoms with Gasteiger partial charge < -0.3 is 15.1 Å². The zero-order valence-corrected chi connectivity index (χ0v) is 17.1. The number of hydrogen-bond donors (Lipinski definition) is 3. The lowest BCUT2D eigenvalue weighted by molar-refractivity contribution is -0.138. The Morgan fingerprint density at radius 3 is 2.50 bits per heavy atom. The van der Waals surface area contributed by atoms with Crippen molar-refractivity contribution in [1.29, 1.82) is 0 Å². The Balaban J connectivity index is 2.13. The van der Waals surface area contributed by atoms with E-state index in [-0.39, 0.29) is 5.82 Å². The molecule has 0 aromatic heterocycles. The SMILES string of the molecule is Cc1cc2ccccc2c(-c2ccc(F)cc2)c1C#CP(=O)(O)CC(O)CC(=O)O. The van der Waals surface area contributed by atoms with Gasteiger partial charge in [-0.15, -0.1) is 0 Å². The molecule has 0 fully saturated rings. The van der Waals surface area contributed by atoms with E-state index in [2.05, 4.69) is 11.6 Å². The third-order valence-corrected chi connectivity index (χ3v) is 5.98. The molecule has 154 valence electrons.